The lowest BCUT2D eigenvalue weighted by Gasteiger charge is -2.05. The van der Waals surface area contributed by atoms with E-state index in [1.807, 2.05) is 25.1 Å². The number of hydrogen-bond donors (Lipinski definition) is 1. The summed E-state index contributed by atoms with van der Waals surface area (Å²) in [5, 5.41) is 0. The minimum absolute atomic E-state index is 0.305. The Morgan fingerprint density at radius 2 is 2.25 bits per heavy atom. The van der Waals surface area contributed by atoms with Gasteiger partial charge in [0.2, 0.25) is 0 Å². The average Bonchev–Trinajstić information content (AvgIpc) is 2.49. The molecule has 2 N–H and O–H groups in total. The molecule has 2 rings (SSSR count). The number of para-hydroxylation sites is 1. The van der Waals surface area contributed by atoms with Crippen molar-refractivity contribution in [3.63, 3.8) is 0 Å². The zero-order valence-corrected chi connectivity index (χ0v) is 6.91. The van der Waals surface area contributed by atoms with Gasteiger partial charge in [-0.3, -0.25) is 0 Å². The van der Waals surface area contributed by atoms with Crippen molar-refractivity contribution in [2.45, 2.75) is 13.2 Å². The summed E-state index contributed by atoms with van der Waals surface area (Å²) < 4.78 is 10.8. The Balaban J connectivity index is 2.35. The van der Waals surface area contributed by atoms with E-state index in [0.29, 0.717) is 6.54 Å². The highest BCUT2D eigenvalue weighted by Crippen LogP contribution is 2.36. The highest BCUT2D eigenvalue weighted by Gasteiger charge is 2.23. The Labute approximate surface area is 71.1 Å². The van der Waals surface area contributed by atoms with Crippen molar-refractivity contribution in [2.75, 3.05) is 6.54 Å². The van der Waals surface area contributed by atoms with Crippen LogP contribution in [-0.4, -0.2) is 12.8 Å². The molecule has 0 saturated carbocycles. The van der Waals surface area contributed by atoms with E-state index < -0.39 is 0 Å². The molecule has 0 fully saturated rings. The number of fused-ring (bicyclic) bond motifs is 1. The van der Waals surface area contributed by atoms with Gasteiger partial charge in [-0.2, -0.15) is 0 Å². The number of hydrogen-bond acceptors (Lipinski definition) is 3. The van der Waals surface area contributed by atoms with Gasteiger partial charge < -0.3 is 15.2 Å². The summed E-state index contributed by atoms with van der Waals surface area (Å²) in [4.78, 5) is 0. The van der Waals surface area contributed by atoms with Crippen LogP contribution in [0.1, 0.15) is 5.56 Å². The van der Waals surface area contributed by atoms with Gasteiger partial charge in [-0.05, 0) is 18.6 Å². The van der Waals surface area contributed by atoms with E-state index in [2.05, 4.69) is 0 Å². The summed E-state index contributed by atoms with van der Waals surface area (Å²) in [6.07, 6.45) is -0.305. The molecule has 0 saturated heterocycles. The zero-order valence-electron chi connectivity index (χ0n) is 6.91. The molecule has 3 heteroatoms. The predicted octanol–water partition coefficient (Wildman–Crippen LogP) is 1.05. The van der Waals surface area contributed by atoms with Crippen LogP contribution >= 0.6 is 0 Å². The lowest BCUT2D eigenvalue weighted by atomic mass is 10.2. The van der Waals surface area contributed by atoms with Crippen LogP contribution in [0.5, 0.6) is 11.5 Å². The van der Waals surface area contributed by atoms with Gasteiger partial charge in [0.25, 0.3) is 6.29 Å². The van der Waals surface area contributed by atoms with Crippen LogP contribution in [0, 0.1) is 6.92 Å². The molecule has 0 spiro atoms. The molecule has 0 radical (unpaired) electrons. The van der Waals surface area contributed by atoms with Crippen LogP contribution in [0.15, 0.2) is 18.2 Å². The maximum atomic E-state index is 5.44. The topological polar surface area (TPSA) is 44.5 Å². The Hall–Kier alpha value is -1.22. The minimum atomic E-state index is -0.305. The predicted molar refractivity (Wildman–Crippen MR) is 45.3 cm³/mol. The molecule has 3 nitrogen and oxygen atoms in total. The van der Waals surface area contributed by atoms with Crippen molar-refractivity contribution in [3.8, 4) is 11.5 Å². The van der Waals surface area contributed by atoms with Gasteiger partial charge in [0, 0.05) is 0 Å². The number of benzene rings is 1. The second-order valence-electron chi connectivity index (χ2n) is 2.80. The summed E-state index contributed by atoms with van der Waals surface area (Å²) >= 11 is 0. The standard InChI is InChI=1S/C9H11NO2/c1-6-3-2-4-7-9(6)12-8(5-10)11-7/h2-4,8H,5,10H2,1H3. The van der Waals surface area contributed by atoms with Gasteiger partial charge in [0.05, 0.1) is 6.54 Å². The van der Waals surface area contributed by atoms with Crippen molar-refractivity contribution in [2.24, 2.45) is 5.73 Å². The molecule has 12 heavy (non-hydrogen) atoms. The maximum absolute atomic E-state index is 5.44. The van der Waals surface area contributed by atoms with Gasteiger partial charge in [-0.15, -0.1) is 0 Å². The van der Waals surface area contributed by atoms with Crippen molar-refractivity contribution in [3.05, 3.63) is 23.8 Å². The quantitative estimate of drug-likeness (QED) is 0.676. The molecule has 0 aliphatic carbocycles. The number of rotatable bonds is 1. The first-order valence-corrected chi connectivity index (χ1v) is 3.94. The van der Waals surface area contributed by atoms with Crippen molar-refractivity contribution in [1.82, 2.24) is 0 Å². The molecule has 1 aliphatic rings. The van der Waals surface area contributed by atoms with Crippen LogP contribution in [-0.2, 0) is 0 Å². The first-order chi connectivity index (χ1) is 5.81. The fourth-order valence-corrected chi connectivity index (χ4v) is 1.26. The summed E-state index contributed by atoms with van der Waals surface area (Å²) in [7, 11) is 0. The van der Waals surface area contributed by atoms with Crippen LogP contribution in [0.25, 0.3) is 0 Å². The molecule has 1 aromatic rings. The zero-order chi connectivity index (χ0) is 8.55. The lowest BCUT2D eigenvalue weighted by molar-refractivity contribution is 0.0577. The highest BCUT2D eigenvalue weighted by atomic mass is 16.7. The Morgan fingerprint density at radius 1 is 1.42 bits per heavy atom. The van der Waals surface area contributed by atoms with E-state index in [-0.39, 0.29) is 6.29 Å². The number of aryl methyl sites for hydroxylation is 1. The van der Waals surface area contributed by atoms with E-state index in [1.165, 1.54) is 0 Å². The van der Waals surface area contributed by atoms with E-state index in [1.54, 1.807) is 0 Å². The summed E-state index contributed by atoms with van der Waals surface area (Å²) in [6, 6.07) is 5.81. The second-order valence-corrected chi connectivity index (χ2v) is 2.80. The first-order valence-electron chi connectivity index (χ1n) is 3.94. The van der Waals surface area contributed by atoms with E-state index >= 15 is 0 Å². The molecule has 0 bridgehead atoms. The van der Waals surface area contributed by atoms with Crippen LogP contribution in [0.2, 0.25) is 0 Å². The Bertz CT molecular complexity index is 299. The average molecular weight is 165 g/mol. The van der Waals surface area contributed by atoms with Crippen molar-refractivity contribution < 1.29 is 9.47 Å². The lowest BCUT2D eigenvalue weighted by Crippen LogP contribution is -2.28. The molecule has 0 aromatic heterocycles. The second kappa shape index (κ2) is 2.68. The van der Waals surface area contributed by atoms with Gasteiger partial charge in [-0.25, -0.2) is 0 Å². The van der Waals surface area contributed by atoms with Gasteiger partial charge in [0.1, 0.15) is 0 Å². The molecule has 1 heterocycles. The smallest absolute Gasteiger partial charge is 0.253 e. The summed E-state index contributed by atoms with van der Waals surface area (Å²) in [5.74, 6) is 1.62. The number of ether oxygens (including phenoxy) is 2. The fourth-order valence-electron chi connectivity index (χ4n) is 1.26. The largest absolute Gasteiger partial charge is 0.450 e. The SMILES string of the molecule is Cc1cccc2c1OC(CN)O2. The monoisotopic (exact) mass is 165 g/mol. The molecule has 1 atom stereocenters. The highest BCUT2D eigenvalue weighted by molar-refractivity contribution is 5.47. The fraction of sp³-hybridized carbons (Fsp3) is 0.333. The molecule has 1 aliphatic heterocycles. The third-order valence-electron chi connectivity index (χ3n) is 1.88. The van der Waals surface area contributed by atoms with E-state index in [9.17, 15) is 0 Å². The summed E-state index contributed by atoms with van der Waals surface area (Å²) in [6.45, 7) is 2.37. The summed E-state index contributed by atoms with van der Waals surface area (Å²) in [5.41, 5.74) is 6.50. The van der Waals surface area contributed by atoms with Gasteiger partial charge in [0.15, 0.2) is 11.5 Å². The molecular weight excluding hydrogens is 154 g/mol. The minimum Gasteiger partial charge on any atom is -0.450 e. The molecule has 0 amide bonds. The molecular formula is C9H11NO2. The molecule has 1 unspecified atom stereocenters. The normalized spacial score (nSPS) is 19.7. The Kier molecular flexibility index (Phi) is 1.66. The van der Waals surface area contributed by atoms with E-state index in [4.69, 9.17) is 15.2 Å². The van der Waals surface area contributed by atoms with Crippen molar-refractivity contribution >= 4 is 0 Å². The third-order valence-corrected chi connectivity index (χ3v) is 1.88. The molecule has 64 valence electrons. The van der Waals surface area contributed by atoms with Gasteiger partial charge >= 0.3 is 0 Å². The van der Waals surface area contributed by atoms with Gasteiger partial charge in [-0.1, -0.05) is 12.1 Å². The van der Waals surface area contributed by atoms with Crippen LogP contribution in [0.4, 0.5) is 0 Å². The first kappa shape index (κ1) is 7.43. The van der Waals surface area contributed by atoms with Crippen molar-refractivity contribution in [1.29, 1.82) is 0 Å². The Morgan fingerprint density at radius 3 is 2.92 bits per heavy atom. The maximum Gasteiger partial charge on any atom is 0.253 e. The van der Waals surface area contributed by atoms with E-state index in [0.717, 1.165) is 17.1 Å². The number of nitrogens with two attached hydrogens (primary N) is 1. The van der Waals surface area contributed by atoms with Crippen LogP contribution < -0.4 is 15.2 Å². The van der Waals surface area contributed by atoms with Crippen LogP contribution in [0.3, 0.4) is 0 Å². The third kappa shape index (κ3) is 1.02. The molecule has 1 aromatic carbocycles.